The van der Waals surface area contributed by atoms with Crippen LogP contribution in [0.15, 0.2) is 30.3 Å². The van der Waals surface area contributed by atoms with Crippen LogP contribution in [-0.2, 0) is 20.6 Å². The zero-order valence-corrected chi connectivity index (χ0v) is 14.6. The van der Waals surface area contributed by atoms with Crippen molar-refractivity contribution in [3.8, 4) is 0 Å². The van der Waals surface area contributed by atoms with Crippen LogP contribution in [0.2, 0.25) is 0 Å². The van der Waals surface area contributed by atoms with E-state index in [1.54, 1.807) is 0 Å². The molecule has 2 saturated heterocycles. The second-order valence-corrected chi connectivity index (χ2v) is 8.70. The average molecular weight is 336 g/mol. The lowest BCUT2D eigenvalue weighted by atomic mass is 9.78. The van der Waals surface area contributed by atoms with Crippen LogP contribution in [0, 0.1) is 11.3 Å². The molecule has 3 rings (SSSR count). The highest BCUT2D eigenvalue weighted by Crippen LogP contribution is 2.45. The maximum Gasteiger partial charge on any atom is 0.230 e. The van der Waals surface area contributed by atoms with Crippen molar-refractivity contribution < 1.29 is 13.2 Å². The zero-order chi connectivity index (χ0) is 16.7. The minimum Gasteiger partial charge on any atom is -0.342 e. The molecule has 0 unspecified atom stereocenters. The van der Waals surface area contributed by atoms with Crippen LogP contribution in [0.1, 0.15) is 25.8 Å². The van der Waals surface area contributed by atoms with Gasteiger partial charge < -0.3 is 4.90 Å². The van der Waals surface area contributed by atoms with Crippen molar-refractivity contribution in [2.45, 2.75) is 26.0 Å². The zero-order valence-electron chi connectivity index (χ0n) is 13.7. The first kappa shape index (κ1) is 16.5. The number of carbonyl (C=O) groups excluding carboxylic acids is 1. The summed E-state index contributed by atoms with van der Waals surface area (Å²) in [5.74, 6) is 0.199. The Morgan fingerprint density at radius 2 is 1.96 bits per heavy atom. The molecule has 1 aromatic rings. The molecule has 0 saturated carbocycles. The van der Waals surface area contributed by atoms with Crippen molar-refractivity contribution in [3.63, 3.8) is 0 Å². The maximum absolute atomic E-state index is 12.7. The lowest BCUT2D eigenvalue weighted by Gasteiger charge is -2.26. The van der Waals surface area contributed by atoms with Crippen molar-refractivity contribution in [2.75, 3.05) is 26.2 Å². The highest BCUT2D eigenvalue weighted by atomic mass is 32.2. The van der Waals surface area contributed by atoms with Crippen LogP contribution in [0.4, 0.5) is 0 Å². The third-order valence-electron chi connectivity index (χ3n) is 5.39. The van der Waals surface area contributed by atoms with Crippen LogP contribution < -0.4 is 0 Å². The van der Waals surface area contributed by atoms with Crippen molar-refractivity contribution >= 4 is 15.9 Å². The molecule has 0 aliphatic carbocycles. The summed E-state index contributed by atoms with van der Waals surface area (Å²) >= 11 is 0. The molecular formula is C17H24N2O3S. The molecule has 2 aliphatic heterocycles. The molecule has 2 heterocycles. The van der Waals surface area contributed by atoms with Gasteiger partial charge in [-0.1, -0.05) is 37.3 Å². The molecule has 23 heavy (non-hydrogen) atoms. The van der Waals surface area contributed by atoms with Gasteiger partial charge in [0.15, 0.2) is 0 Å². The molecule has 1 amide bonds. The second-order valence-electron chi connectivity index (χ2n) is 6.73. The van der Waals surface area contributed by atoms with E-state index in [4.69, 9.17) is 0 Å². The monoisotopic (exact) mass is 336 g/mol. The van der Waals surface area contributed by atoms with Crippen molar-refractivity contribution in [1.29, 1.82) is 0 Å². The minimum atomic E-state index is -3.39. The van der Waals surface area contributed by atoms with Crippen LogP contribution >= 0.6 is 0 Å². The SMILES string of the molecule is CCN1CC[C@]2(CN(S(=O)(=O)Cc3ccccc3)C[C@H]2C)C1=O. The van der Waals surface area contributed by atoms with Gasteiger partial charge in [-0.25, -0.2) is 12.7 Å². The first-order chi connectivity index (χ1) is 10.9. The largest absolute Gasteiger partial charge is 0.342 e. The first-order valence-electron chi connectivity index (χ1n) is 8.20. The third kappa shape index (κ3) is 2.78. The Bertz CT molecular complexity index is 689. The predicted molar refractivity (Wildman–Crippen MR) is 89.1 cm³/mol. The van der Waals surface area contributed by atoms with E-state index in [0.29, 0.717) is 19.6 Å². The summed E-state index contributed by atoms with van der Waals surface area (Å²) in [4.78, 5) is 14.6. The van der Waals surface area contributed by atoms with E-state index in [1.807, 2.05) is 49.1 Å². The molecule has 0 radical (unpaired) electrons. The minimum absolute atomic E-state index is 0.00230. The normalized spacial score (nSPS) is 28.9. The van der Waals surface area contributed by atoms with Crippen LogP contribution in [0.3, 0.4) is 0 Å². The molecular weight excluding hydrogens is 312 g/mol. The van der Waals surface area contributed by atoms with Crippen molar-refractivity contribution in [2.24, 2.45) is 11.3 Å². The number of sulfonamides is 1. The van der Waals surface area contributed by atoms with Gasteiger partial charge in [0.25, 0.3) is 0 Å². The summed E-state index contributed by atoms with van der Waals surface area (Å²) in [7, 11) is -3.39. The average Bonchev–Trinajstić information content (AvgIpc) is 3.03. The number of amides is 1. The Balaban J connectivity index is 1.80. The van der Waals surface area contributed by atoms with Gasteiger partial charge in [-0.2, -0.15) is 0 Å². The van der Waals surface area contributed by atoms with E-state index in [9.17, 15) is 13.2 Å². The number of hydrogen-bond acceptors (Lipinski definition) is 3. The molecule has 0 aromatic heterocycles. The Morgan fingerprint density at radius 1 is 1.26 bits per heavy atom. The first-order valence-corrected chi connectivity index (χ1v) is 9.81. The molecule has 0 bridgehead atoms. The third-order valence-corrected chi connectivity index (χ3v) is 7.15. The Kier molecular flexibility index (Phi) is 4.23. The molecule has 6 heteroatoms. The summed E-state index contributed by atoms with van der Waals surface area (Å²) in [6.45, 7) is 6.20. The van der Waals surface area contributed by atoms with Crippen molar-refractivity contribution in [1.82, 2.24) is 9.21 Å². The van der Waals surface area contributed by atoms with Crippen LogP contribution in [-0.4, -0.2) is 49.7 Å². The lowest BCUT2D eigenvalue weighted by molar-refractivity contribution is -0.136. The Labute approximate surface area is 138 Å². The maximum atomic E-state index is 12.7. The highest BCUT2D eigenvalue weighted by Gasteiger charge is 2.56. The number of nitrogens with zero attached hydrogens (tertiary/aromatic N) is 2. The standard InChI is InChI=1S/C17H24N2O3S/c1-3-18-10-9-17(16(18)20)13-19(11-14(17)2)23(21,22)12-15-7-5-4-6-8-15/h4-8,14H,3,9-13H2,1-2H3/t14-,17-/m1/s1. The van der Waals surface area contributed by atoms with Gasteiger partial charge >= 0.3 is 0 Å². The summed E-state index contributed by atoms with van der Waals surface area (Å²) in [6, 6.07) is 9.22. The summed E-state index contributed by atoms with van der Waals surface area (Å²) in [5, 5.41) is 0. The van der Waals surface area contributed by atoms with Crippen LogP contribution in [0.5, 0.6) is 0 Å². The number of carbonyl (C=O) groups is 1. The number of benzene rings is 1. The quantitative estimate of drug-likeness (QED) is 0.841. The van der Waals surface area contributed by atoms with E-state index >= 15 is 0 Å². The number of rotatable bonds is 4. The smallest absolute Gasteiger partial charge is 0.230 e. The number of likely N-dealkylation sites (tertiary alicyclic amines) is 1. The van der Waals surface area contributed by atoms with Gasteiger partial charge in [-0.3, -0.25) is 4.79 Å². The lowest BCUT2D eigenvalue weighted by Crippen LogP contribution is -2.40. The van der Waals surface area contributed by atoms with E-state index < -0.39 is 15.4 Å². The molecule has 126 valence electrons. The van der Waals surface area contributed by atoms with Crippen LogP contribution in [0.25, 0.3) is 0 Å². The van der Waals surface area contributed by atoms with Gasteiger partial charge in [-0.05, 0) is 24.8 Å². The van der Waals surface area contributed by atoms with Crippen molar-refractivity contribution in [3.05, 3.63) is 35.9 Å². The number of hydrogen-bond donors (Lipinski definition) is 0. The molecule has 2 atom stereocenters. The van der Waals surface area contributed by atoms with E-state index in [-0.39, 0.29) is 17.6 Å². The van der Waals surface area contributed by atoms with E-state index in [2.05, 4.69) is 0 Å². The summed E-state index contributed by atoms with van der Waals surface area (Å²) in [6.07, 6.45) is 0.762. The van der Waals surface area contributed by atoms with E-state index in [1.165, 1.54) is 4.31 Å². The predicted octanol–water partition coefficient (Wildman–Crippen LogP) is 1.71. The second kappa shape index (κ2) is 5.91. The Morgan fingerprint density at radius 3 is 2.57 bits per heavy atom. The van der Waals surface area contributed by atoms with Gasteiger partial charge in [0.05, 0.1) is 11.2 Å². The fourth-order valence-corrected chi connectivity index (χ4v) is 5.54. The fraction of sp³-hybridized carbons (Fsp3) is 0.588. The summed E-state index contributed by atoms with van der Waals surface area (Å²) in [5.41, 5.74) is 0.272. The topological polar surface area (TPSA) is 57.7 Å². The van der Waals surface area contributed by atoms with Gasteiger partial charge in [0.2, 0.25) is 15.9 Å². The molecule has 2 fully saturated rings. The van der Waals surface area contributed by atoms with Gasteiger partial charge in [0.1, 0.15) is 0 Å². The van der Waals surface area contributed by atoms with Gasteiger partial charge in [-0.15, -0.1) is 0 Å². The Hall–Kier alpha value is -1.40. The molecule has 5 nitrogen and oxygen atoms in total. The highest BCUT2D eigenvalue weighted by molar-refractivity contribution is 7.88. The molecule has 1 aromatic carbocycles. The molecule has 2 aliphatic rings. The van der Waals surface area contributed by atoms with E-state index in [0.717, 1.165) is 18.5 Å². The fourth-order valence-electron chi connectivity index (χ4n) is 3.87. The molecule has 1 spiro atoms. The summed E-state index contributed by atoms with van der Waals surface area (Å²) < 4.78 is 27.0. The molecule has 0 N–H and O–H groups in total. The van der Waals surface area contributed by atoms with Gasteiger partial charge in [0, 0.05) is 26.2 Å².